The van der Waals surface area contributed by atoms with Crippen LogP contribution in [0.5, 0.6) is 0 Å². The third-order valence-electron chi connectivity index (χ3n) is 1.50. The van der Waals surface area contributed by atoms with Crippen molar-refractivity contribution in [1.29, 1.82) is 0 Å². The molecular weight excluding hydrogens is 174 g/mol. The molecule has 1 heterocycles. The van der Waals surface area contributed by atoms with E-state index in [4.69, 9.17) is 18.2 Å². The molecule has 0 spiro atoms. The van der Waals surface area contributed by atoms with Crippen molar-refractivity contribution in [2.24, 2.45) is 0 Å². The Morgan fingerprint density at radius 3 is 3.00 bits per heavy atom. The fourth-order valence-corrected chi connectivity index (χ4v) is 1.04. The standard InChI is InChI=1S/C8H8ClN3/c1-6-8(9)7(3-4-10-2)12-5-11-6/h5H,3-4H2,1H3. The molecule has 0 saturated heterocycles. The minimum absolute atomic E-state index is 0.427. The van der Waals surface area contributed by atoms with E-state index < -0.39 is 0 Å². The quantitative estimate of drug-likeness (QED) is 0.653. The molecule has 0 unspecified atom stereocenters. The van der Waals surface area contributed by atoms with Crippen LogP contribution in [0, 0.1) is 13.5 Å². The number of aromatic nitrogens is 2. The summed E-state index contributed by atoms with van der Waals surface area (Å²) in [6, 6.07) is 0. The lowest BCUT2D eigenvalue weighted by Gasteiger charge is -2.00. The third-order valence-corrected chi connectivity index (χ3v) is 1.99. The van der Waals surface area contributed by atoms with Crippen LogP contribution in [0.25, 0.3) is 4.85 Å². The van der Waals surface area contributed by atoms with E-state index in [0.717, 1.165) is 11.4 Å². The molecule has 0 fully saturated rings. The van der Waals surface area contributed by atoms with E-state index in [2.05, 4.69) is 14.8 Å². The van der Waals surface area contributed by atoms with Crippen molar-refractivity contribution in [3.05, 3.63) is 34.2 Å². The van der Waals surface area contributed by atoms with Crippen LogP contribution in [0.4, 0.5) is 0 Å². The van der Waals surface area contributed by atoms with Crippen molar-refractivity contribution in [2.45, 2.75) is 13.3 Å². The molecule has 4 heteroatoms. The molecule has 1 aromatic rings. The molecule has 0 aliphatic heterocycles. The van der Waals surface area contributed by atoms with Crippen molar-refractivity contribution in [2.75, 3.05) is 6.54 Å². The Hall–Kier alpha value is -1.14. The highest BCUT2D eigenvalue weighted by Crippen LogP contribution is 2.16. The van der Waals surface area contributed by atoms with Gasteiger partial charge in [-0.15, -0.1) is 0 Å². The van der Waals surface area contributed by atoms with E-state index in [0.29, 0.717) is 18.0 Å². The van der Waals surface area contributed by atoms with E-state index in [-0.39, 0.29) is 0 Å². The maximum Gasteiger partial charge on any atom is 0.220 e. The summed E-state index contributed by atoms with van der Waals surface area (Å²) in [4.78, 5) is 11.1. The van der Waals surface area contributed by atoms with Gasteiger partial charge >= 0.3 is 0 Å². The highest BCUT2D eigenvalue weighted by Gasteiger charge is 2.05. The van der Waals surface area contributed by atoms with Crippen molar-refractivity contribution in [3.63, 3.8) is 0 Å². The van der Waals surface area contributed by atoms with E-state index in [1.165, 1.54) is 6.33 Å². The number of hydrogen-bond donors (Lipinski definition) is 0. The van der Waals surface area contributed by atoms with Gasteiger partial charge in [-0.3, -0.25) is 0 Å². The van der Waals surface area contributed by atoms with Gasteiger partial charge in [0.2, 0.25) is 6.54 Å². The lowest BCUT2D eigenvalue weighted by molar-refractivity contribution is 0.954. The highest BCUT2D eigenvalue weighted by atomic mass is 35.5. The number of nitrogens with zero attached hydrogens (tertiary/aromatic N) is 3. The van der Waals surface area contributed by atoms with Gasteiger partial charge in [-0.1, -0.05) is 11.6 Å². The van der Waals surface area contributed by atoms with Crippen LogP contribution < -0.4 is 0 Å². The zero-order valence-electron chi connectivity index (χ0n) is 6.71. The summed E-state index contributed by atoms with van der Waals surface area (Å²) in [5, 5.41) is 0.584. The van der Waals surface area contributed by atoms with Crippen LogP contribution in [0.1, 0.15) is 11.4 Å². The van der Waals surface area contributed by atoms with Gasteiger partial charge in [0, 0.05) is 0 Å². The zero-order chi connectivity index (χ0) is 8.97. The van der Waals surface area contributed by atoms with E-state index >= 15 is 0 Å². The summed E-state index contributed by atoms with van der Waals surface area (Å²) in [6.07, 6.45) is 2.08. The number of aryl methyl sites for hydroxylation is 1. The fourth-order valence-electron chi connectivity index (χ4n) is 0.843. The molecule has 0 saturated carbocycles. The van der Waals surface area contributed by atoms with E-state index in [1.54, 1.807) is 0 Å². The Morgan fingerprint density at radius 1 is 1.58 bits per heavy atom. The van der Waals surface area contributed by atoms with E-state index in [1.807, 2.05) is 6.92 Å². The highest BCUT2D eigenvalue weighted by molar-refractivity contribution is 6.31. The van der Waals surface area contributed by atoms with Crippen molar-refractivity contribution < 1.29 is 0 Å². The van der Waals surface area contributed by atoms with Crippen LogP contribution in [-0.4, -0.2) is 16.5 Å². The summed E-state index contributed by atoms with van der Waals surface area (Å²) < 4.78 is 0. The second kappa shape index (κ2) is 4.03. The minimum Gasteiger partial charge on any atom is -0.317 e. The van der Waals surface area contributed by atoms with Crippen LogP contribution in [0.2, 0.25) is 5.02 Å². The molecular formula is C8H8ClN3. The second-order valence-corrected chi connectivity index (χ2v) is 2.73. The summed E-state index contributed by atoms with van der Waals surface area (Å²) >= 11 is 5.90. The lowest BCUT2D eigenvalue weighted by Crippen LogP contribution is -1.97. The summed E-state index contributed by atoms with van der Waals surface area (Å²) in [7, 11) is 0. The van der Waals surface area contributed by atoms with Crippen molar-refractivity contribution in [1.82, 2.24) is 9.97 Å². The zero-order valence-corrected chi connectivity index (χ0v) is 7.47. The molecule has 0 N–H and O–H groups in total. The van der Waals surface area contributed by atoms with Crippen molar-refractivity contribution in [3.8, 4) is 0 Å². The first-order valence-electron chi connectivity index (χ1n) is 3.55. The van der Waals surface area contributed by atoms with Crippen LogP contribution >= 0.6 is 11.6 Å². The summed E-state index contributed by atoms with van der Waals surface area (Å²) in [5.74, 6) is 0. The maximum atomic E-state index is 6.61. The molecule has 0 amide bonds. The Labute approximate surface area is 76.2 Å². The van der Waals surface area contributed by atoms with Crippen LogP contribution in [0.15, 0.2) is 6.33 Å². The first-order valence-corrected chi connectivity index (χ1v) is 3.92. The van der Waals surface area contributed by atoms with Gasteiger partial charge in [0.25, 0.3) is 0 Å². The molecule has 0 bridgehead atoms. The van der Waals surface area contributed by atoms with Crippen molar-refractivity contribution >= 4 is 11.6 Å². The van der Waals surface area contributed by atoms with Gasteiger partial charge in [0.05, 0.1) is 22.8 Å². The number of rotatable bonds is 2. The van der Waals surface area contributed by atoms with Gasteiger partial charge in [-0.2, -0.15) is 0 Å². The number of halogens is 1. The SMILES string of the molecule is [C-]#[N+]CCc1ncnc(C)c1Cl. The Balaban J connectivity index is 2.86. The fraction of sp³-hybridized carbons (Fsp3) is 0.375. The third kappa shape index (κ3) is 1.93. The van der Waals surface area contributed by atoms with E-state index in [9.17, 15) is 0 Å². The topological polar surface area (TPSA) is 30.1 Å². The Bertz CT molecular complexity index is 317. The predicted octanol–water partition coefficient (Wildman–Crippen LogP) is 1.90. The molecule has 1 aromatic heterocycles. The molecule has 12 heavy (non-hydrogen) atoms. The monoisotopic (exact) mass is 181 g/mol. The molecule has 0 atom stereocenters. The van der Waals surface area contributed by atoms with Gasteiger partial charge in [0.1, 0.15) is 6.33 Å². The smallest absolute Gasteiger partial charge is 0.220 e. The first-order chi connectivity index (χ1) is 5.75. The predicted molar refractivity (Wildman–Crippen MR) is 47.0 cm³/mol. The summed E-state index contributed by atoms with van der Waals surface area (Å²) in [5.41, 5.74) is 1.53. The van der Waals surface area contributed by atoms with Gasteiger partial charge in [-0.25, -0.2) is 16.5 Å². The average Bonchev–Trinajstić information content (AvgIpc) is 2.08. The average molecular weight is 182 g/mol. The molecule has 0 aliphatic rings. The second-order valence-electron chi connectivity index (χ2n) is 2.35. The number of hydrogen-bond acceptors (Lipinski definition) is 2. The maximum absolute atomic E-state index is 6.61. The Morgan fingerprint density at radius 2 is 2.33 bits per heavy atom. The largest absolute Gasteiger partial charge is 0.317 e. The summed E-state index contributed by atoms with van der Waals surface area (Å²) in [6.45, 7) is 8.87. The molecule has 3 nitrogen and oxygen atoms in total. The van der Waals surface area contributed by atoms with Crippen LogP contribution in [-0.2, 0) is 6.42 Å². The minimum atomic E-state index is 0.427. The van der Waals surface area contributed by atoms with Crippen LogP contribution in [0.3, 0.4) is 0 Å². The molecule has 0 aromatic carbocycles. The first kappa shape index (κ1) is 8.95. The van der Waals surface area contributed by atoms with Gasteiger partial charge in [0.15, 0.2) is 0 Å². The molecule has 62 valence electrons. The molecule has 0 aliphatic carbocycles. The van der Waals surface area contributed by atoms with Gasteiger partial charge in [-0.05, 0) is 6.92 Å². The normalized spacial score (nSPS) is 9.42. The lowest BCUT2D eigenvalue weighted by atomic mass is 10.2. The van der Waals surface area contributed by atoms with Gasteiger partial charge < -0.3 is 4.85 Å². The Kier molecular flexibility index (Phi) is 3.01. The molecule has 1 rings (SSSR count). The molecule has 0 radical (unpaired) electrons.